The molecular formula is C12H18N2O4S2. The molecule has 6 nitrogen and oxygen atoms in total. The molecule has 0 atom stereocenters. The van der Waals surface area contributed by atoms with Gasteiger partial charge in [-0.15, -0.1) is 11.3 Å². The molecule has 0 bridgehead atoms. The summed E-state index contributed by atoms with van der Waals surface area (Å²) in [6.07, 6.45) is 2.97. The highest BCUT2D eigenvalue weighted by Gasteiger charge is 2.40. The first-order chi connectivity index (χ1) is 9.28. The van der Waals surface area contributed by atoms with Gasteiger partial charge in [0.15, 0.2) is 0 Å². The number of hydrogen-bond donors (Lipinski definition) is 2. The number of nitrogens with one attached hydrogen (secondary N) is 1. The van der Waals surface area contributed by atoms with E-state index in [4.69, 9.17) is 5.11 Å². The Morgan fingerprint density at radius 2 is 2.15 bits per heavy atom. The average Bonchev–Trinajstić information content (AvgIpc) is 2.76. The van der Waals surface area contributed by atoms with Gasteiger partial charge in [0.2, 0.25) is 10.0 Å². The van der Waals surface area contributed by atoms with E-state index in [9.17, 15) is 13.2 Å². The van der Waals surface area contributed by atoms with Crippen LogP contribution in [0.3, 0.4) is 0 Å². The lowest BCUT2D eigenvalue weighted by atomic mass is 9.76. The fourth-order valence-corrected chi connectivity index (χ4v) is 4.72. The van der Waals surface area contributed by atoms with E-state index in [1.165, 1.54) is 11.4 Å². The Kier molecular flexibility index (Phi) is 4.19. The van der Waals surface area contributed by atoms with E-state index in [0.29, 0.717) is 6.54 Å². The van der Waals surface area contributed by atoms with Crippen LogP contribution in [-0.2, 0) is 10.0 Å². The minimum atomic E-state index is -3.78. The average molecular weight is 318 g/mol. The summed E-state index contributed by atoms with van der Waals surface area (Å²) in [7, 11) is 0.0799. The van der Waals surface area contributed by atoms with E-state index in [2.05, 4.69) is 4.72 Å². The first-order valence-electron chi connectivity index (χ1n) is 6.26. The predicted octanol–water partition coefficient (Wildman–Crippen LogP) is 1.21. The van der Waals surface area contributed by atoms with Crippen molar-refractivity contribution >= 4 is 27.3 Å². The first-order valence-corrected chi connectivity index (χ1v) is 8.63. The van der Waals surface area contributed by atoms with Gasteiger partial charge in [0, 0.05) is 12.1 Å². The maximum atomic E-state index is 12.2. The number of carbonyl (C=O) groups is 1. The number of carboxylic acid groups (broad SMARTS) is 1. The van der Waals surface area contributed by atoms with Gasteiger partial charge in [0.25, 0.3) is 0 Å². The number of sulfonamides is 1. The third-order valence-corrected chi connectivity index (χ3v) is 6.41. The fraction of sp³-hybridized carbons (Fsp3) is 0.583. The fourth-order valence-electron chi connectivity index (χ4n) is 2.34. The number of likely N-dealkylation sites (N-methyl/N-ethyl adjacent to an activating group) is 1. The van der Waals surface area contributed by atoms with Crippen molar-refractivity contribution in [1.29, 1.82) is 0 Å². The highest BCUT2D eigenvalue weighted by Crippen LogP contribution is 2.35. The summed E-state index contributed by atoms with van der Waals surface area (Å²) < 4.78 is 27.0. The lowest BCUT2D eigenvalue weighted by Crippen LogP contribution is -2.57. The molecule has 20 heavy (non-hydrogen) atoms. The van der Waals surface area contributed by atoms with Crippen molar-refractivity contribution in [2.24, 2.45) is 0 Å². The van der Waals surface area contributed by atoms with Crippen LogP contribution in [0.4, 0.5) is 0 Å². The summed E-state index contributed by atoms with van der Waals surface area (Å²) in [5.74, 6) is -1.22. The van der Waals surface area contributed by atoms with Crippen LogP contribution in [0.5, 0.6) is 0 Å². The lowest BCUT2D eigenvalue weighted by molar-refractivity contribution is 0.0656. The second-order valence-corrected chi connectivity index (χ2v) is 7.87. The lowest BCUT2D eigenvalue weighted by Gasteiger charge is -2.47. The standard InChI is InChI=1S/C12H18N2O4S2/c1-14(2)12(5-3-6-12)8-13-20(17,18)9-4-7-19-10(9)11(15)16/h4,7,13H,3,5-6,8H2,1-2H3,(H,15,16). The molecule has 0 aromatic carbocycles. The van der Waals surface area contributed by atoms with Gasteiger partial charge in [-0.05, 0) is 44.8 Å². The zero-order valence-corrected chi connectivity index (χ0v) is 13.1. The molecule has 1 heterocycles. The normalized spacial score (nSPS) is 17.9. The van der Waals surface area contributed by atoms with Crippen LogP contribution >= 0.6 is 11.3 Å². The summed E-state index contributed by atoms with van der Waals surface area (Å²) >= 11 is 0.915. The van der Waals surface area contributed by atoms with Gasteiger partial charge in [0.1, 0.15) is 9.77 Å². The maximum absolute atomic E-state index is 12.2. The van der Waals surface area contributed by atoms with Gasteiger partial charge in [-0.1, -0.05) is 0 Å². The minimum absolute atomic E-state index is 0.146. The van der Waals surface area contributed by atoms with Crippen LogP contribution in [0.15, 0.2) is 16.3 Å². The summed E-state index contributed by atoms with van der Waals surface area (Å²) in [5.41, 5.74) is -0.146. The molecule has 0 amide bonds. The quantitative estimate of drug-likeness (QED) is 0.823. The van der Waals surface area contributed by atoms with E-state index in [0.717, 1.165) is 30.6 Å². The van der Waals surface area contributed by atoms with Crippen LogP contribution in [-0.4, -0.2) is 50.6 Å². The SMILES string of the molecule is CN(C)C1(CNS(=O)(=O)c2ccsc2C(=O)O)CCC1. The number of carboxylic acids is 1. The van der Waals surface area contributed by atoms with Crippen molar-refractivity contribution in [1.82, 2.24) is 9.62 Å². The summed E-state index contributed by atoms with van der Waals surface area (Å²) in [5, 5.41) is 10.5. The minimum Gasteiger partial charge on any atom is -0.477 e. The largest absolute Gasteiger partial charge is 0.477 e. The molecule has 1 aliphatic carbocycles. The van der Waals surface area contributed by atoms with Crippen LogP contribution < -0.4 is 4.72 Å². The third kappa shape index (κ3) is 2.73. The summed E-state index contributed by atoms with van der Waals surface area (Å²) in [6, 6.07) is 1.33. The predicted molar refractivity (Wildman–Crippen MR) is 76.7 cm³/mol. The van der Waals surface area contributed by atoms with Gasteiger partial charge in [-0.2, -0.15) is 0 Å². The molecule has 8 heteroatoms. The van der Waals surface area contributed by atoms with E-state index < -0.39 is 16.0 Å². The Morgan fingerprint density at radius 3 is 2.60 bits per heavy atom. The van der Waals surface area contributed by atoms with E-state index in [-0.39, 0.29) is 15.3 Å². The van der Waals surface area contributed by atoms with Gasteiger partial charge >= 0.3 is 5.97 Å². The molecule has 0 spiro atoms. The first kappa shape index (κ1) is 15.4. The number of hydrogen-bond acceptors (Lipinski definition) is 5. The molecular weight excluding hydrogens is 300 g/mol. The molecule has 0 saturated heterocycles. The number of thiophene rings is 1. The Balaban J connectivity index is 2.16. The van der Waals surface area contributed by atoms with Crippen molar-refractivity contribution in [3.05, 3.63) is 16.3 Å². The van der Waals surface area contributed by atoms with Crippen LogP contribution in [0.25, 0.3) is 0 Å². The van der Waals surface area contributed by atoms with Crippen molar-refractivity contribution in [3.63, 3.8) is 0 Å². The van der Waals surface area contributed by atoms with E-state index >= 15 is 0 Å². The molecule has 0 radical (unpaired) electrons. The molecule has 0 aliphatic heterocycles. The van der Waals surface area contributed by atoms with Crippen LogP contribution in [0, 0.1) is 0 Å². The Labute approximate surface area is 122 Å². The van der Waals surface area contributed by atoms with Crippen molar-refractivity contribution in [2.75, 3.05) is 20.6 Å². The second kappa shape index (κ2) is 5.44. The van der Waals surface area contributed by atoms with E-state index in [1.54, 1.807) is 0 Å². The molecule has 1 aromatic heterocycles. The molecule has 1 fully saturated rings. The molecule has 2 rings (SSSR count). The zero-order chi connectivity index (χ0) is 15.0. The number of rotatable bonds is 6. The van der Waals surface area contributed by atoms with Gasteiger partial charge < -0.3 is 10.0 Å². The maximum Gasteiger partial charge on any atom is 0.347 e. The zero-order valence-electron chi connectivity index (χ0n) is 11.4. The van der Waals surface area contributed by atoms with Gasteiger partial charge in [-0.3, -0.25) is 0 Å². The smallest absolute Gasteiger partial charge is 0.347 e. The highest BCUT2D eigenvalue weighted by molar-refractivity contribution is 7.89. The Morgan fingerprint density at radius 1 is 1.50 bits per heavy atom. The number of nitrogens with zero attached hydrogens (tertiary/aromatic N) is 1. The molecule has 1 aromatic rings. The Bertz CT molecular complexity index is 603. The molecule has 1 saturated carbocycles. The van der Waals surface area contributed by atoms with Crippen LogP contribution in [0.1, 0.15) is 28.9 Å². The van der Waals surface area contributed by atoms with Gasteiger partial charge in [-0.25, -0.2) is 17.9 Å². The molecule has 0 unspecified atom stereocenters. The van der Waals surface area contributed by atoms with Crippen molar-refractivity contribution in [3.8, 4) is 0 Å². The monoisotopic (exact) mass is 318 g/mol. The third-order valence-electron chi connectivity index (χ3n) is 3.94. The second-order valence-electron chi connectivity index (χ2n) is 5.22. The van der Waals surface area contributed by atoms with Crippen molar-refractivity contribution < 1.29 is 18.3 Å². The molecule has 1 aliphatic rings. The molecule has 112 valence electrons. The summed E-state index contributed by atoms with van der Waals surface area (Å²) in [6.45, 7) is 0.303. The van der Waals surface area contributed by atoms with E-state index in [1.807, 2.05) is 19.0 Å². The summed E-state index contributed by atoms with van der Waals surface area (Å²) in [4.78, 5) is 12.8. The van der Waals surface area contributed by atoms with Gasteiger partial charge in [0.05, 0.1) is 0 Å². The Hall–Kier alpha value is -0.960. The molecule has 2 N–H and O–H groups in total. The van der Waals surface area contributed by atoms with Crippen molar-refractivity contribution in [2.45, 2.75) is 29.7 Å². The van der Waals surface area contributed by atoms with Crippen LogP contribution in [0.2, 0.25) is 0 Å². The highest BCUT2D eigenvalue weighted by atomic mass is 32.2. The topological polar surface area (TPSA) is 86.7 Å². The number of aromatic carboxylic acids is 1.